The summed E-state index contributed by atoms with van der Waals surface area (Å²) >= 11 is 1.67. The van der Waals surface area contributed by atoms with Crippen LogP contribution in [0.3, 0.4) is 0 Å². The van der Waals surface area contributed by atoms with Crippen LogP contribution in [0, 0.1) is 76.0 Å². The number of aryl methyl sites for hydroxylation is 2. The number of anilines is 3. The summed E-state index contributed by atoms with van der Waals surface area (Å²) in [5.74, 6) is 6.78. The third kappa shape index (κ3) is 17.7. The SMILES string of the molecule is CC1C(C)C2SC=C(c3ccc(N(C)C)cc3)C2C1C.CC1C(C)C2SC=C(c3ccc(N(C)C)cc3)C2C1C.CCN(CC)CC.Cc1cccc(C)c1N1Cc2ccccc2C1=[N-].[CH3-].[CH3-].[Cl][Ti+]([Cl])[Cl].[Cl][Ti][Cl]. The molecule has 5 nitrogen and oxygen atoms in total. The summed E-state index contributed by atoms with van der Waals surface area (Å²) in [7, 11) is 33.1. The molecule has 9 rings (SSSR count). The molecule has 5 aliphatic rings. The second-order valence-corrected chi connectivity index (χ2v) is 32.6. The van der Waals surface area contributed by atoms with E-state index in [1.807, 2.05) is 23.1 Å². The molecule has 14 heteroatoms. The van der Waals surface area contributed by atoms with Gasteiger partial charge in [-0.2, -0.15) is 0 Å². The van der Waals surface area contributed by atoms with E-state index in [0.29, 0.717) is 5.84 Å². The molecule has 10 unspecified atom stereocenters. The van der Waals surface area contributed by atoms with E-state index < -0.39 is 31.7 Å². The minimum atomic E-state index is -1.92. The van der Waals surface area contributed by atoms with Gasteiger partial charge < -0.3 is 39.9 Å². The molecule has 408 valence electrons. The molecule has 0 N–H and O–H groups in total. The van der Waals surface area contributed by atoms with E-state index in [4.69, 9.17) is 46.5 Å². The molecule has 0 amide bonds. The van der Waals surface area contributed by atoms with Crippen molar-refractivity contribution in [2.75, 3.05) is 62.5 Å². The Morgan fingerprint density at radius 2 is 0.946 bits per heavy atom. The van der Waals surface area contributed by atoms with Gasteiger partial charge >= 0.3 is 78.2 Å². The monoisotopic (exact) mass is 1210 g/mol. The fraction of sp³-hybridized carbons (Fsp3) is 0.483. The molecule has 0 aromatic heterocycles. The Bertz CT molecular complexity index is 2240. The molecule has 0 radical (unpaired) electrons. The van der Waals surface area contributed by atoms with Crippen molar-refractivity contribution in [1.29, 1.82) is 0 Å². The summed E-state index contributed by atoms with van der Waals surface area (Å²) in [6.45, 7) is 29.7. The first kappa shape index (κ1) is 69.1. The number of halogens is 5. The summed E-state index contributed by atoms with van der Waals surface area (Å²) in [5, 5.41) is 16.8. The van der Waals surface area contributed by atoms with Crippen LogP contribution in [-0.4, -0.2) is 69.1 Å². The standard InChI is InChI=1S/2C18H25NS.C16H15N2.C6H15N.2CH3.5ClH.2Ti/c2*1-11-12(2)17-16(10-20-18(17)13(11)3)14-6-8-15(9-7-14)19(4)5;1-11-6-5-7-12(2)15(11)18-10-13-8-3-4-9-14(13)16(18)17;1-4-7(5-2)6-3;;;;;;;;;/h2*6-13,17-18H,1-5H3;3-9H,10H2,1-2H3;4-6H2,1-3H3;2*1H3;5*1H;;/q;;-1;;2*-1;;;;;;+2;+4/p-5. The van der Waals surface area contributed by atoms with E-state index in [2.05, 4.69) is 226 Å². The molecule has 10 atom stereocenters. The number of rotatable bonds is 8. The van der Waals surface area contributed by atoms with Gasteiger partial charge in [-0.15, -0.1) is 23.5 Å². The molecule has 2 saturated carbocycles. The summed E-state index contributed by atoms with van der Waals surface area (Å²) in [5.41, 5.74) is 14.2. The zero-order valence-electron chi connectivity index (χ0n) is 47.4. The first-order valence-corrected chi connectivity index (χ1v) is 38.1. The van der Waals surface area contributed by atoms with Crippen LogP contribution in [0.5, 0.6) is 0 Å². The van der Waals surface area contributed by atoms with Gasteiger partial charge in [0.15, 0.2) is 0 Å². The quantitative estimate of drug-likeness (QED) is 0.129. The predicted molar refractivity (Wildman–Crippen MR) is 334 cm³/mol. The van der Waals surface area contributed by atoms with Crippen LogP contribution in [0.4, 0.5) is 17.1 Å². The van der Waals surface area contributed by atoms with Crippen molar-refractivity contribution < 1.29 is 31.7 Å². The Labute approximate surface area is 494 Å². The maximum absolute atomic E-state index is 10.4. The molecular formula is C60H86Cl5N5S2Ti2-2. The van der Waals surface area contributed by atoms with Crippen LogP contribution in [0.2, 0.25) is 0 Å². The Morgan fingerprint density at radius 3 is 1.27 bits per heavy atom. The first-order chi connectivity index (χ1) is 34.2. The Balaban J connectivity index is 0.000000333. The summed E-state index contributed by atoms with van der Waals surface area (Å²) in [6.07, 6.45) is 0. The van der Waals surface area contributed by atoms with Crippen molar-refractivity contribution in [2.24, 2.45) is 47.3 Å². The van der Waals surface area contributed by atoms with Crippen LogP contribution >= 0.6 is 70.0 Å². The van der Waals surface area contributed by atoms with Gasteiger partial charge in [-0.1, -0.05) is 135 Å². The molecule has 74 heavy (non-hydrogen) atoms. The van der Waals surface area contributed by atoms with E-state index in [9.17, 15) is 5.41 Å². The predicted octanol–water partition coefficient (Wildman–Crippen LogP) is 18.8. The van der Waals surface area contributed by atoms with Crippen molar-refractivity contribution >= 4 is 104 Å². The van der Waals surface area contributed by atoms with E-state index in [1.165, 1.54) is 58.8 Å². The van der Waals surface area contributed by atoms with Crippen molar-refractivity contribution in [3.63, 3.8) is 0 Å². The Morgan fingerprint density at radius 1 is 0.581 bits per heavy atom. The zero-order chi connectivity index (χ0) is 53.6. The number of benzene rings is 4. The fourth-order valence-corrected chi connectivity index (χ4v) is 14.4. The van der Waals surface area contributed by atoms with E-state index in [-0.39, 0.29) is 14.9 Å². The van der Waals surface area contributed by atoms with Crippen LogP contribution < -0.4 is 14.7 Å². The van der Waals surface area contributed by atoms with Gasteiger partial charge in [-0.25, -0.2) is 0 Å². The molecule has 2 fully saturated rings. The Hall–Kier alpha value is -1.03. The van der Waals surface area contributed by atoms with Gasteiger partial charge in [-0.05, 0) is 161 Å². The number of hydrogen-bond donors (Lipinski definition) is 0. The van der Waals surface area contributed by atoms with E-state index in [0.717, 1.165) is 75.6 Å². The second-order valence-electron chi connectivity index (χ2n) is 20.1. The number of allylic oxidation sites excluding steroid dienone is 2. The van der Waals surface area contributed by atoms with Gasteiger partial charge in [0, 0.05) is 61.9 Å². The third-order valence-electron chi connectivity index (χ3n) is 15.9. The van der Waals surface area contributed by atoms with Crippen molar-refractivity contribution in [2.45, 2.75) is 93.2 Å². The number of thioether (sulfide) groups is 2. The molecule has 0 bridgehead atoms. The maximum atomic E-state index is 10.4. The summed E-state index contributed by atoms with van der Waals surface area (Å²) < 4.78 is 0. The van der Waals surface area contributed by atoms with Crippen LogP contribution in [0.1, 0.15) is 95.7 Å². The summed E-state index contributed by atoms with van der Waals surface area (Å²) in [4.78, 5) is 8.69. The van der Waals surface area contributed by atoms with Gasteiger partial charge in [0.2, 0.25) is 0 Å². The normalized spacial score (nSPS) is 24.3. The van der Waals surface area contributed by atoms with Crippen molar-refractivity contribution in [3.8, 4) is 0 Å². The average molecular weight is 1210 g/mol. The molecule has 2 aliphatic carbocycles. The molecule has 3 heterocycles. The van der Waals surface area contributed by atoms with Gasteiger partial charge in [-0.3, -0.25) is 0 Å². The number of fused-ring (bicyclic) bond motifs is 3. The second kappa shape index (κ2) is 33.5. The molecule has 4 aromatic rings. The first-order valence-electron chi connectivity index (χ1n) is 25.5. The summed E-state index contributed by atoms with van der Waals surface area (Å²) in [6, 6.07) is 32.4. The van der Waals surface area contributed by atoms with Crippen LogP contribution in [0.25, 0.3) is 16.6 Å². The number of nitrogens with zero attached hydrogens (tertiary/aromatic N) is 5. The van der Waals surface area contributed by atoms with Crippen molar-refractivity contribution in [3.05, 3.63) is 155 Å². The zero-order valence-corrected chi connectivity index (χ0v) is 55.9. The number of amidine groups is 1. The van der Waals surface area contributed by atoms with E-state index >= 15 is 0 Å². The molecule has 3 aliphatic heterocycles. The molecule has 0 spiro atoms. The molecule has 4 aromatic carbocycles. The minimum absolute atomic E-state index is 0. The van der Waals surface area contributed by atoms with E-state index in [1.54, 1.807) is 11.1 Å². The van der Waals surface area contributed by atoms with Crippen molar-refractivity contribution in [1.82, 2.24) is 4.90 Å². The van der Waals surface area contributed by atoms with Gasteiger partial charge in [0.05, 0.1) is 0 Å². The molecular weight excluding hydrogens is 1130 g/mol. The number of para-hydroxylation sites is 1. The number of hydrogen-bond acceptors (Lipinski definition) is 5. The average Bonchev–Trinajstić information content (AvgIpc) is 4.16. The third-order valence-corrected chi connectivity index (χ3v) is 18.8. The Kier molecular flexibility index (Phi) is 31.3. The topological polar surface area (TPSA) is 35.3 Å². The molecule has 0 saturated heterocycles. The van der Waals surface area contributed by atoms with Gasteiger partial charge in [0.25, 0.3) is 0 Å². The fourth-order valence-electron chi connectivity index (χ4n) is 11.0. The van der Waals surface area contributed by atoms with Crippen LogP contribution in [-0.2, 0) is 38.3 Å². The van der Waals surface area contributed by atoms with Crippen LogP contribution in [0.15, 0.2) is 102 Å². The van der Waals surface area contributed by atoms with Gasteiger partial charge in [0.1, 0.15) is 0 Å².